The Balaban J connectivity index is 2.97. The van der Waals surface area contributed by atoms with E-state index in [4.69, 9.17) is 15.4 Å². The summed E-state index contributed by atoms with van der Waals surface area (Å²) >= 11 is 0. The molecule has 0 aliphatic rings. The Morgan fingerprint density at radius 3 is 2.44 bits per heavy atom. The fourth-order valence-corrected chi connectivity index (χ4v) is 2.78. The predicted octanol–water partition coefficient (Wildman–Crippen LogP) is 3.58. The van der Waals surface area contributed by atoms with Crippen molar-refractivity contribution < 1.29 is 13.2 Å². The average molecular weight is 289 g/mol. The van der Waals surface area contributed by atoms with Gasteiger partial charge in [-0.3, -0.25) is 0 Å². The van der Waals surface area contributed by atoms with Crippen molar-refractivity contribution in [3.8, 4) is 5.75 Å². The Morgan fingerprint density at radius 2 is 1.94 bits per heavy atom. The molecule has 3 nitrogen and oxygen atoms in total. The summed E-state index contributed by atoms with van der Waals surface area (Å²) in [6, 6.07) is 3.23. The molecule has 0 atom stereocenters. The lowest BCUT2D eigenvalue weighted by Crippen LogP contribution is -2.02. The van der Waals surface area contributed by atoms with Crippen LogP contribution in [-0.2, 0) is 9.05 Å². The minimum absolute atomic E-state index is 0.133. The van der Waals surface area contributed by atoms with E-state index in [1.807, 2.05) is 6.92 Å². The molecule has 100 valence electrons. The third-order valence-electron chi connectivity index (χ3n) is 2.52. The number of hydrogen-bond donors (Lipinski definition) is 0. The van der Waals surface area contributed by atoms with Crippen molar-refractivity contribution >= 4 is 19.7 Å². The Morgan fingerprint density at radius 1 is 1.33 bits per heavy atom. The third kappa shape index (κ3) is 4.03. The van der Waals surface area contributed by atoms with Crippen molar-refractivity contribution in [2.24, 2.45) is 0 Å². The predicted molar refractivity (Wildman–Crippen MR) is 73.9 cm³/mol. The van der Waals surface area contributed by atoms with E-state index in [0.29, 0.717) is 17.9 Å². The van der Waals surface area contributed by atoms with Gasteiger partial charge in [0.1, 0.15) is 5.75 Å². The highest BCUT2D eigenvalue weighted by Crippen LogP contribution is 2.28. The van der Waals surface area contributed by atoms with Crippen LogP contribution in [0, 0.1) is 13.8 Å². The van der Waals surface area contributed by atoms with Crippen molar-refractivity contribution in [1.29, 1.82) is 0 Å². The van der Waals surface area contributed by atoms with E-state index in [1.54, 1.807) is 19.9 Å². The topological polar surface area (TPSA) is 43.4 Å². The second-order valence-corrected chi connectivity index (χ2v) is 6.91. The van der Waals surface area contributed by atoms with Gasteiger partial charge < -0.3 is 4.74 Å². The number of halogens is 1. The first-order valence-corrected chi connectivity index (χ1v) is 7.86. The SMILES string of the molecule is C=C(C)CCOc1cc(C)c(S(=O)(=O)Cl)cc1C. The van der Waals surface area contributed by atoms with Crippen LogP contribution < -0.4 is 4.74 Å². The molecule has 0 aliphatic carbocycles. The van der Waals surface area contributed by atoms with Crippen LogP contribution in [0.3, 0.4) is 0 Å². The van der Waals surface area contributed by atoms with Gasteiger partial charge in [-0.25, -0.2) is 8.42 Å². The summed E-state index contributed by atoms with van der Waals surface area (Å²) in [5.74, 6) is 0.679. The van der Waals surface area contributed by atoms with Crippen LogP contribution in [0.5, 0.6) is 5.75 Å². The Hall–Kier alpha value is -1.00. The average Bonchev–Trinajstić information content (AvgIpc) is 2.20. The zero-order chi connectivity index (χ0) is 13.9. The summed E-state index contributed by atoms with van der Waals surface area (Å²) in [4.78, 5) is 0.133. The van der Waals surface area contributed by atoms with Gasteiger partial charge in [0.2, 0.25) is 0 Å². The Bertz CT molecular complexity index is 562. The first-order chi connectivity index (χ1) is 8.21. The second-order valence-electron chi connectivity index (χ2n) is 4.38. The minimum atomic E-state index is -3.70. The standard InChI is InChI=1S/C13H17ClO3S/c1-9(2)5-6-17-12-7-11(4)13(8-10(12)3)18(14,15)16/h7-8H,1,5-6H2,2-4H3. The molecule has 1 aromatic carbocycles. The molecular weight excluding hydrogens is 272 g/mol. The molecule has 0 spiro atoms. The first kappa shape index (κ1) is 15.1. The molecule has 0 aromatic heterocycles. The molecule has 18 heavy (non-hydrogen) atoms. The summed E-state index contributed by atoms with van der Waals surface area (Å²) < 4.78 is 28.3. The number of ether oxygens (including phenoxy) is 1. The zero-order valence-corrected chi connectivity index (χ0v) is 12.4. The maximum absolute atomic E-state index is 11.3. The van der Waals surface area contributed by atoms with Crippen molar-refractivity contribution in [2.45, 2.75) is 32.1 Å². The van der Waals surface area contributed by atoms with E-state index in [1.165, 1.54) is 6.07 Å². The fraction of sp³-hybridized carbons (Fsp3) is 0.385. The van der Waals surface area contributed by atoms with E-state index in [0.717, 1.165) is 17.6 Å². The zero-order valence-electron chi connectivity index (χ0n) is 10.8. The normalized spacial score (nSPS) is 11.3. The minimum Gasteiger partial charge on any atom is -0.493 e. The summed E-state index contributed by atoms with van der Waals surface area (Å²) in [5.41, 5.74) is 2.38. The number of hydrogen-bond acceptors (Lipinski definition) is 3. The van der Waals surface area contributed by atoms with Gasteiger partial charge in [0.25, 0.3) is 9.05 Å². The fourth-order valence-electron chi connectivity index (χ4n) is 1.52. The molecule has 5 heteroatoms. The van der Waals surface area contributed by atoms with Gasteiger partial charge in [0.15, 0.2) is 0 Å². The van der Waals surface area contributed by atoms with Gasteiger partial charge in [0, 0.05) is 17.1 Å². The van der Waals surface area contributed by atoms with Crippen LogP contribution in [0.15, 0.2) is 29.2 Å². The summed E-state index contributed by atoms with van der Waals surface area (Å²) in [6.45, 7) is 9.75. The monoisotopic (exact) mass is 288 g/mol. The van der Waals surface area contributed by atoms with Crippen LogP contribution in [-0.4, -0.2) is 15.0 Å². The van der Waals surface area contributed by atoms with Gasteiger partial charge in [-0.1, -0.05) is 5.57 Å². The number of benzene rings is 1. The van der Waals surface area contributed by atoms with Crippen LogP contribution in [0.4, 0.5) is 0 Å². The van der Waals surface area contributed by atoms with Crippen molar-refractivity contribution in [2.75, 3.05) is 6.61 Å². The third-order valence-corrected chi connectivity index (χ3v) is 3.99. The van der Waals surface area contributed by atoms with Crippen molar-refractivity contribution in [3.63, 3.8) is 0 Å². The number of rotatable bonds is 5. The molecule has 0 unspecified atom stereocenters. The lowest BCUT2D eigenvalue weighted by Gasteiger charge is -2.12. The van der Waals surface area contributed by atoms with Crippen LogP contribution in [0.1, 0.15) is 24.5 Å². The summed E-state index contributed by atoms with van der Waals surface area (Å²) in [7, 11) is 1.65. The molecule has 1 rings (SSSR count). The quantitative estimate of drug-likeness (QED) is 0.614. The van der Waals surface area contributed by atoms with E-state index in [-0.39, 0.29) is 4.90 Å². The molecule has 0 saturated carbocycles. The lowest BCUT2D eigenvalue weighted by atomic mass is 10.1. The largest absolute Gasteiger partial charge is 0.493 e. The molecule has 0 radical (unpaired) electrons. The van der Waals surface area contributed by atoms with Crippen molar-refractivity contribution in [3.05, 3.63) is 35.4 Å². The molecule has 0 fully saturated rings. The molecule has 0 bridgehead atoms. The number of aryl methyl sites for hydroxylation is 2. The first-order valence-electron chi connectivity index (χ1n) is 5.55. The Kier molecular flexibility index (Phi) is 4.82. The second kappa shape index (κ2) is 5.76. The van der Waals surface area contributed by atoms with Crippen LogP contribution in [0.2, 0.25) is 0 Å². The van der Waals surface area contributed by atoms with Crippen molar-refractivity contribution in [1.82, 2.24) is 0 Å². The molecule has 0 saturated heterocycles. The maximum atomic E-state index is 11.3. The van der Waals surface area contributed by atoms with Gasteiger partial charge in [-0.15, -0.1) is 6.58 Å². The van der Waals surface area contributed by atoms with Crippen LogP contribution in [0.25, 0.3) is 0 Å². The molecule has 0 amide bonds. The summed E-state index contributed by atoms with van der Waals surface area (Å²) in [5, 5.41) is 0. The molecule has 0 aliphatic heterocycles. The highest BCUT2D eigenvalue weighted by atomic mass is 35.7. The highest BCUT2D eigenvalue weighted by molar-refractivity contribution is 8.13. The molecule has 0 heterocycles. The molecule has 1 aromatic rings. The van der Waals surface area contributed by atoms with E-state index in [2.05, 4.69) is 6.58 Å². The van der Waals surface area contributed by atoms with Gasteiger partial charge in [-0.2, -0.15) is 0 Å². The smallest absolute Gasteiger partial charge is 0.261 e. The van der Waals surface area contributed by atoms with Crippen LogP contribution >= 0.6 is 10.7 Å². The maximum Gasteiger partial charge on any atom is 0.261 e. The van der Waals surface area contributed by atoms with E-state index < -0.39 is 9.05 Å². The summed E-state index contributed by atoms with van der Waals surface area (Å²) in [6.07, 6.45) is 0.772. The lowest BCUT2D eigenvalue weighted by molar-refractivity contribution is 0.319. The molecule has 0 N–H and O–H groups in total. The Labute approximate surface area is 113 Å². The van der Waals surface area contributed by atoms with Gasteiger partial charge >= 0.3 is 0 Å². The van der Waals surface area contributed by atoms with E-state index in [9.17, 15) is 8.42 Å². The molecular formula is C13H17ClO3S. The highest BCUT2D eigenvalue weighted by Gasteiger charge is 2.15. The van der Waals surface area contributed by atoms with E-state index >= 15 is 0 Å². The van der Waals surface area contributed by atoms with Gasteiger partial charge in [-0.05, 0) is 44.0 Å². The van der Waals surface area contributed by atoms with Gasteiger partial charge in [0.05, 0.1) is 11.5 Å².